The van der Waals surface area contributed by atoms with E-state index in [2.05, 4.69) is 88.3 Å². The molecular formula is C33H37Br2N5O-2. The normalized spacial score (nSPS) is 13.6. The molecule has 0 fully saturated rings. The third kappa shape index (κ3) is 8.27. The van der Waals surface area contributed by atoms with Gasteiger partial charge in [0.05, 0.1) is 0 Å². The smallest absolute Gasteiger partial charge is 0.255 e. The van der Waals surface area contributed by atoms with E-state index in [9.17, 15) is 4.79 Å². The van der Waals surface area contributed by atoms with Crippen molar-refractivity contribution in [3.8, 4) is 0 Å². The minimum atomic E-state index is -0.131. The first-order chi connectivity index (χ1) is 19.1. The molecule has 3 aromatic carbocycles. The van der Waals surface area contributed by atoms with E-state index in [0.717, 1.165) is 67.5 Å². The van der Waals surface area contributed by atoms with Gasteiger partial charge in [0.15, 0.2) is 0 Å². The van der Waals surface area contributed by atoms with E-state index in [4.69, 9.17) is 0 Å². The molecular weight excluding hydrogens is 642 g/mol. The number of fused-ring (bicyclic) bond motifs is 1. The van der Waals surface area contributed by atoms with Gasteiger partial charge in [0.2, 0.25) is 0 Å². The number of halogens is 2. The number of hydrogen-bond acceptors (Lipinski definition) is 5. The van der Waals surface area contributed by atoms with Gasteiger partial charge in [0.25, 0.3) is 5.91 Å². The fourth-order valence-electron chi connectivity index (χ4n) is 4.93. The number of nitrogens with zero attached hydrogens (tertiary/aromatic N) is 2. The maximum atomic E-state index is 12.9. The lowest BCUT2D eigenvalue weighted by Gasteiger charge is -2.31. The first-order valence-electron chi connectivity index (χ1n) is 13.9. The van der Waals surface area contributed by atoms with Gasteiger partial charge in [-0.3, -0.25) is 4.79 Å². The van der Waals surface area contributed by atoms with Crippen LogP contribution >= 0.6 is 0 Å². The predicted molar refractivity (Wildman–Crippen MR) is 164 cm³/mol. The highest BCUT2D eigenvalue weighted by atomic mass is 79.9. The fraction of sp³-hybridized carbons (Fsp3) is 0.242. The summed E-state index contributed by atoms with van der Waals surface area (Å²) < 4.78 is 0. The first-order valence-corrected chi connectivity index (χ1v) is 13.9. The molecule has 3 N–H and O–H groups in total. The minimum Gasteiger partial charge on any atom is -1.00 e. The number of carbonyl (C=O) groups excluding carboxylic acids is 1. The van der Waals surface area contributed by atoms with Gasteiger partial charge in [-0.15, -0.1) is 0 Å². The van der Waals surface area contributed by atoms with Crippen LogP contribution in [0.15, 0.2) is 103 Å². The van der Waals surface area contributed by atoms with Gasteiger partial charge in [-0.2, -0.15) is 0 Å². The van der Waals surface area contributed by atoms with Gasteiger partial charge < -0.3 is 59.7 Å². The maximum absolute atomic E-state index is 12.9. The zero-order valence-corrected chi connectivity index (χ0v) is 26.7. The standard InChI is InChI=1S/C33H37N5O.2BrH/c1-3-20-37-22-17-29(18-23-37)34-26-13-15-28(16-14-26)36-33(39)25-9-11-27(12-10-25)35-31-19-24-38(21-4-2)32-8-6-5-7-30(31)32;;/h5-19,22,34-35H,3-4,20-21,23-24H2,1-2H3,(H,36,39);2*1H/p-2. The lowest BCUT2D eigenvalue weighted by molar-refractivity contribution is -0.001000. The van der Waals surface area contributed by atoms with E-state index >= 15 is 0 Å². The summed E-state index contributed by atoms with van der Waals surface area (Å²) in [6.07, 6.45) is 10.9. The first kappa shape index (κ1) is 32.0. The SMILES string of the molecule is CCCN1C=CC(Nc2ccc(NC(=O)c3ccc(NC4=CCN(CCC)c5ccccc54)cc3)cc2)=CC1.[Br-].[Br-]. The molecule has 0 saturated carbocycles. The van der Waals surface area contributed by atoms with Crippen molar-refractivity contribution in [2.75, 3.05) is 47.0 Å². The van der Waals surface area contributed by atoms with Gasteiger partial charge in [-0.1, -0.05) is 32.0 Å². The number of allylic oxidation sites excluding steroid dienone is 1. The Balaban J connectivity index is 0.00000231. The van der Waals surface area contributed by atoms with Gasteiger partial charge >= 0.3 is 0 Å². The Morgan fingerprint density at radius 1 is 0.756 bits per heavy atom. The van der Waals surface area contributed by atoms with Crippen LogP contribution in [0.4, 0.5) is 22.7 Å². The highest BCUT2D eigenvalue weighted by Crippen LogP contribution is 2.32. The highest BCUT2D eigenvalue weighted by Gasteiger charge is 2.18. The number of rotatable bonds is 10. The van der Waals surface area contributed by atoms with Crippen molar-refractivity contribution in [3.63, 3.8) is 0 Å². The van der Waals surface area contributed by atoms with Crippen LogP contribution in [0.1, 0.15) is 42.6 Å². The third-order valence-electron chi connectivity index (χ3n) is 6.92. The van der Waals surface area contributed by atoms with E-state index in [1.165, 1.54) is 11.3 Å². The van der Waals surface area contributed by atoms with Crippen LogP contribution in [0.25, 0.3) is 5.70 Å². The molecule has 216 valence electrons. The second-order valence-electron chi connectivity index (χ2n) is 9.91. The fourth-order valence-corrected chi connectivity index (χ4v) is 4.93. The topological polar surface area (TPSA) is 59.6 Å². The number of anilines is 4. The number of benzene rings is 3. The van der Waals surface area contributed by atoms with E-state index in [1.807, 2.05) is 48.5 Å². The second-order valence-corrected chi connectivity index (χ2v) is 9.91. The van der Waals surface area contributed by atoms with Gasteiger partial charge in [0, 0.05) is 77.6 Å². The van der Waals surface area contributed by atoms with Crippen molar-refractivity contribution >= 4 is 34.4 Å². The summed E-state index contributed by atoms with van der Waals surface area (Å²) in [5, 5.41) is 9.98. The molecule has 2 heterocycles. The zero-order valence-electron chi connectivity index (χ0n) is 23.5. The molecule has 0 unspecified atom stereocenters. The molecule has 0 saturated heterocycles. The number of amides is 1. The largest absolute Gasteiger partial charge is 1.00 e. The number of hydrogen-bond donors (Lipinski definition) is 3. The Labute approximate surface area is 264 Å². The van der Waals surface area contributed by atoms with Crippen molar-refractivity contribution in [2.45, 2.75) is 26.7 Å². The quantitative estimate of drug-likeness (QED) is 0.301. The molecule has 0 bridgehead atoms. The van der Waals surface area contributed by atoms with Crippen LogP contribution in [0.3, 0.4) is 0 Å². The third-order valence-corrected chi connectivity index (χ3v) is 6.92. The molecule has 0 radical (unpaired) electrons. The lowest BCUT2D eigenvalue weighted by atomic mass is 10.0. The Kier molecular flexibility index (Phi) is 12.1. The van der Waals surface area contributed by atoms with Crippen LogP contribution in [0.2, 0.25) is 0 Å². The molecule has 41 heavy (non-hydrogen) atoms. The van der Waals surface area contributed by atoms with Crippen molar-refractivity contribution in [1.82, 2.24) is 4.90 Å². The summed E-state index contributed by atoms with van der Waals surface area (Å²) in [7, 11) is 0. The van der Waals surface area contributed by atoms with Crippen molar-refractivity contribution in [2.24, 2.45) is 0 Å². The molecule has 1 amide bonds. The second kappa shape index (κ2) is 15.5. The van der Waals surface area contributed by atoms with Gasteiger partial charge in [-0.25, -0.2) is 0 Å². The van der Waals surface area contributed by atoms with E-state index < -0.39 is 0 Å². The zero-order chi connectivity index (χ0) is 27.0. The van der Waals surface area contributed by atoms with Crippen molar-refractivity contribution in [3.05, 3.63) is 114 Å². The average Bonchev–Trinajstić information content (AvgIpc) is 2.97. The molecule has 3 aromatic rings. The Morgan fingerprint density at radius 3 is 2.10 bits per heavy atom. The van der Waals surface area contributed by atoms with Crippen molar-refractivity contribution in [1.29, 1.82) is 0 Å². The molecule has 8 heteroatoms. The molecule has 0 aromatic heterocycles. The Morgan fingerprint density at radius 2 is 1.41 bits per heavy atom. The van der Waals surface area contributed by atoms with Crippen LogP contribution < -0.4 is 54.8 Å². The molecule has 0 spiro atoms. The predicted octanol–water partition coefficient (Wildman–Crippen LogP) is 1.17. The van der Waals surface area contributed by atoms with Gasteiger partial charge in [0.1, 0.15) is 0 Å². The molecule has 2 aliphatic rings. The van der Waals surface area contributed by atoms with E-state index in [0.29, 0.717) is 5.56 Å². The molecule has 0 aliphatic carbocycles. The average molecular weight is 680 g/mol. The Bertz CT molecular complexity index is 1380. The number of carbonyl (C=O) groups is 1. The highest BCUT2D eigenvalue weighted by molar-refractivity contribution is 6.04. The molecule has 0 atom stereocenters. The minimum absolute atomic E-state index is 0. The molecule has 5 rings (SSSR count). The molecule has 6 nitrogen and oxygen atoms in total. The van der Waals surface area contributed by atoms with Gasteiger partial charge in [-0.05, 0) is 85.7 Å². The number of para-hydroxylation sites is 1. The van der Waals surface area contributed by atoms with E-state index in [1.54, 1.807) is 0 Å². The summed E-state index contributed by atoms with van der Waals surface area (Å²) in [6, 6.07) is 23.9. The van der Waals surface area contributed by atoms with Crippen LogP contribution in [-0.2, 0) is 0 Å². The molecule has 2 aliphatic heterocycles. The summed E-state index contributed by atoms with van der Waals surface area (Å²) in [6.45, 7) is 8.30. The number of nitrogens with one attached hydrogen (secondary N) is 3. The maximum Gasteiger partial charge on any atom is 0.255 e. The summed E-state index contributed by atoms with van der Waals surface area (Å²) >= 11 is 0. The monoisotopic (exact) mass is 677 g/mol. The van der Waals surface area contributed by atoms with Crippen LogP contribution in [0.5, 0.6) is 0 Å². The van der Waals surface area contributed by atoms with Crippen LogP contribution in [-0.4, -0.2) is 37.0 Å². The van der Waals surface area contributed by atoms with Crippen LogP contribution in [0, 0.1) is 0 Å². The van der Waals surface area contributed by atoms with E-state index in [-0.39, 0.29) is 39.9 Å². The summed E-state index contributed by atoms with van der Waals surface area (Å²) in [5.74, 6) is -0.131. The Hall–Kier alpha value is -3.49. The summed E-state index contributed by atoms with van der Waals surface area (Å²) in [4.78, 5) is 17.6. The summed E-state index contributed by atoms with van der Waals surface area (Å²) in [5.41, 5.74) is 7.95. The lowest BCUT2D eigenvalue weighted by Crippen LogP contribution is -3.00. The van der Waals surface area contributed by atoms with Crippen molar-refractivity contribution < 1.29 is 38.8 Å².